The van der Waals surface area contributed by atoms with Crippen LogP contribution in [0, 0.1) is 5.92 Å². The molecule has 1 aliphatic rings. The van der Waals surface area contributed by atoms with E-state index in [9.17, 15) is 4.79 Å². The van der Waals surface area contributed by atoms with Crippen molar-refractivity contribution in [2.75, 3.05) is 13.2 Å². The second-order valence-electron chi connectivity index (χ2n) is 6.27. The molecular formula is C18H27NO2. The molecule has 3 heteroatoms. The summed E-state index contributed by atoms with van der Waals surface area (Å²) < 4.78 is 5.74. The molecule has 1 aromatic rings. The Morgan fingerprint density at radius 2 is 2.10 bits per heavy atom. The maximum Gasteiger partial charge on any atom is 0.159 e. The third-order valence-corrected chi connectivity index (χ3v) is 4.39. The van der Waals surface area contributed by atoms with E-state index in [0.29, 0.717) is 12.6 Å². The van der Waals surface area contributed by atoms with E-state index in [2.05, 4.69) is 18.7 Å². The van der Waals surface area contributed by atoms with Crippen molar-refractivity contribution >= 4 is 5.78 Å². The van der Waals surface area contributed by atoms with E-state index in [1.54, 1.807) is 6.92 Å². The van der Waals surface area contributed by atoms with E-state index in [1.807, 2.05) is 25.1 Å². The lowest BCUT2D eigenvalue weighted by Crippen LogP contribution is -2.40. The number of nitrogens with zero attached hydrogens (tertiary/aromatic N) is 1. The van der Waals surface area contributed by atoms with Crippen LogP contribution in [0.5, 0.6) is 5.75 Å². The van der Waals surface area contributed by atoms with Crippen molar-refractivity contribution < 1.29 is 9.53 Å². The van der Waals surface area contributed by atoms with Gasteiger partial charge in [-0.1, -0.05) is 6.92 Å². The average molecular weight is 289 g/mol. The monoisotopic (exact) mass is 289 g/mol. The lowest BCUT2D eigenvalue weighted by molar-refractivity contribution is 0.101. The third-order valence-electron chi connectivity index (χ3n) is 4.39. The Bertz CT molecular complexity index is 498. The van der Waals surface area contributed by atoms with Crippen LogP contribution in [0.3, 0.4) is 0 Å². The Balaban J connectivity index is 2.23. The van der Waals surface area contributed by atoms with Gasteiger partial charge in [0.2, 0.25) is 0 Å². The van der Waals surface area contributed by atoms with Crippen LogP contribution in [0.15, 0.2) is 18.2 Å². The summed E-state index contributed by atoms with van der Waals surface area (Å²) in [4.78, 5) is 14.1. The molecule has 1 heterocycles. The second-order valence-corrected chi connectivity index (χ2v) is 6.27. The van der Waals surface area contributed by atoms with Crippen molar-refractivity contribution in [2.24, 2.45) is 5.92 Å². The van der Waals surface area contributed by atoms with Crippen molar-refractivity contribution in [1.82, 2.24) is 4.90 Å². The minimum atomic E-state index is 0.111. The average Bonchev–Trinajstić information content (AvgIpc) is 2.44. The van der Waals surface area contributed by atoms with Crippen LogP contribution >= 0.6 is 0 Å². The van der Waals surface area contributed by atoms with E-state index < -0.39 is 0 Å². The van der Waals surface area contributed by atoms with Gasteiger partial charge in [-0.15, -0.1) is 0 Å². The molecular weight excluding hydrogens is 262 g/mol. The molecule has 0 radical (unpaired) electrons. The first-order valence-corrected chi connectivity index (χ1v) is 8.02. The first-order chi connectivity index (χ1) is 10.0. The highest BCUT2D eigenvalue weighted by Crippen LogP contribution is 2.27. The number of piperidine rings is 1. The van der Waals surface area contributed by atoms with Crippen molar-refractivity contribution in [2.45, 2.75) is 53.1 Å². The lowest BCUT2D eigenvalue weighted by atomic mass is 9.94. The zero-order valence-corrected chi connectivity index (χ0v) is 13.7. The standard InChI is InChI=1S/C18H27NO2/c1-5-21-18-9-8-16(15(4)20)10-17(18)12-19-11-13(2)6-7-14(19)3/h8-10,13-14H,5-7,11-12H2,1-4H3. The summed E-state index contributed by atoms with van der Waals surface area (Å²) in [5.74, 6) is 1.76. The number of ether oxygens (including phenoxy) is 1. The molecule has 0 aliphatic carbocycles. The molecule has 1 aliphatic heterocycles. The predicted octanol–water partition coefficient (Wildman–Crippen LogP) is 3.91. The Hall–Kier alpha value is -1.35. The SMILES string of the molecule is CCOc1ccc(C(C)=O)cc1CN1CC(C)CCC1C. The molecule has 116 valence electrons. The molecule has 0 N–H and O–H groups in total. The van der Waals surface area contributed by atoms with Gasteiger partial charge in [-0.3, -0.25) is 9.69 Å². The van der Waals surface area contributed by atoms with Gasteiger partial charge in [0.25, 0.3) is 0 Å². The Kier molecular flexibility index (Phi) is 5.40. The lowest BCUT2D eigenvalue weighted by Gasteiger charge is -2.37. The largest absolute Gasteiger partial charge is 0.494 e. The number of hydrogen-bond donors (Lipinski definition) is 0. The van der Waals surface area contributed by atoms with E-state index in [4.69, 9.17) is 4.74 Å². The fourth-order valence-electron chi connectivity index (χ4n) is 3.04. The van der Waals surface area contributed by atoms with E-state index >= 15 is 0 Å². The van der Waals surface area contributed by atoms with Gasteiger partial charge < -0.3 is 4.74 Å². The van der Waals surface area contributed by atoms with Crippen LogP contribution in [0.25, 0.3) is 0 Å². The number of benzene rings is 1. The van der Waals surface area contributed by atoms with Crippen molar-refractivity contribution in [1.29, 1.82) is 0 Å². The van der Waals surface area contributed by atoms with Gasteiger partial charge >= 0.3 is 0 Å². The summed E-state index contributed by atoms with van der Waals surface area (Å²) in [7, 11) is 0. The fourth-order valence-corrected chi connectivity index (χ4v) is 3.04. The molecule has 2 atom stereocenters. The molecule has 1 saturated heterocycles. The highest BCUT2D eigenvalue weighted by molar-refractivity contribution is 5.94. The molecule has 2 rings (SSSR count). The first-order valence-electron chi connectivity index (χ1n) is 8.02. The molecule has 0 bridgehead atoms. The highest BCUT2D eigenvalue weighted by Gasteiger charge is 2.24. The topological polar surface area (TPSA) is 29.5 Å². The zero-order chi connectivity index (χ0) is 15.4. The van der Waals surface area contributed by atoms with Crippen LogP contribution in [0.2, 0.25) is 0 Å². The summed E-state index contributed by atoms with van der Waals surface area (Å²) >= 11 is 0. The van der Waals surface area contributed by atoms with Crippen molar-refractivity contribution in [3.63, 3.8) is 0 Å². The minimum Gasteiger partial charge on any atom is -0.494 e. The Morgan fingerprint density at radius 1 is 1.33 bits per heavy atom. The van der Waals surface area contributed by atoms with Crippen molar-refractivity contribution in [3.8, 4) is 5.75 Å². The summed E-state index contributed by atoms with van der Waals surface area (Å²) in [6, 6.07) is 6.39. The predicted molar refractivity (Wildman–Crippen MR) is 85.9 cm³/mol. The quantitative estimate of drug-likeness (QED) is 0.770. The van der Waals surface area contributed by atoms with Gasteiger partial charge in [-0.25, -0.2) is 0 Å². The van der Waals surface area contributed by atoms with Crippen LogP contribution in [-0.4, -0.2) is 29.9 Å². The number of rotatable bonds is 5. The van der Waals surface area contributed by atoms with Gasteiger partial charge in [0.15, 0.2) is 5.78 Å². The Morgan fingerprint density at radius 3 is 2.76 bits per heavy atom. The zero-order valence-electron chi connectivity index (χ0n) is 13.7. The van der Waals surface area contributed by atoms with Crippen LogP contribution in [-0.2, 0) is 6.54 Å². The molecule has 0 amide bonds. The summed E-state index contributed by atoms with van der Waals surface area (Å²) in [5, 5.41) is 0. The maximum absolute atomic E-state index is 11.6. The van der Waals surface area contributed by atoms with Gasteiger partial charge in [-0.2, -0.15) is 0 Å². The molecule has 3 nitrogen and oxygen atoms in total. The van der Waals surface area contributed by atoms with E-state index in [-0.39, 0.29) is 5.78 Å². The molecule has 0 aromatic heterocycles. The van der Waals surface area contributed by atoms with Crippen LogP contribution in [0.1, 0.15) is 56.5 Å². The first kappa shape index (κ1) is 16.0. The summed E-state index contributed by atoms with van der Waals surface area (Å²) in [6.45, 7) is 10.9. The Labute approximate surface area is 128 Å². The number of Topliss-reactive ketones (excluding diaryl/α,β-unsaturated/α-hetero) is 1. The number of likely N-dealkylation sites (tertiary alicyclic amines) is 1. The molecule has 21 heavy (non-hydrogen) atoms. The summed E-state index contributed by atoms with van der Waals surface area (Å²) in [6.07, 6.45) is 2.56. The molecule has 1 fully saturated rings. The van der Waals surface area contributed by atoms with Crippen molar-refractivity contribution in [3.05, 3.63) is 29.3 Å². The fraction of sp³-hybridized carbons (Fsp3) is 0.611. The smallest absolute Gasteiger partial charge is 0.159 e. The molecule has 0 spiro atoms. The number of carbonyl (C=O) groups is 1. The van der Waals surface area contributed by atoms with Crippen LogP contribution < -0.4 is 4.74 Å². The number of ketones is 1. The van der Waals surface area contributed by atoms with Gasteiger partial charge in [0, 0.05) is 30.3 Å². The molecule has 0 saturated carbocycles. The van der Waals surface area contributed by atoms with Crippen LogP contribution in [0.4, 0.5) is 0 Å². The highest BCUT2D eigenvalue weighted by atomic mass is 16.5. The van der Waals surface area contributed by atoms with Gasteiger partial charge in [0.1, 0.15) is 5.75 Å². The minimum absolute atomic E-state index is 0.111. The summed E-state index contributed by atoms with van der Waals surface area (Å²) in [5.41, 5.74) is 1.90. The molecule has 2 unspecified atom stereocenters. The maximum atomic E-state index is 11.6. The molecule has 1 aromatic carbocycles. The number of carbonyl (C=O) groups excluding carboxylic acids is 1. The second kappa shape index (κ2) is 7.08. The number of hydrogen-bond acceptors (Lipinski definition) is 3. The third kappa shape index (κ3) is 4.07. The van der Waals surface area contributed by atoms with E-state index in [1.165, 1.54) is 12.8 Å². The van der Waals surface area contributed by atoms with Gasteiger partial charge in [-0.05, 0) is 57.7 Å². The normalized spacial score (nSPS) is 23.0. The van der Waals surface area contributed by atoms with Gasteiger partial charge in [0.05, 0.1) is 6.61 Å². The van der Waals surface area contributed by atoms with E-state index in [0.717, 1.165) is 35.9 Å².